The number of esters is 1. The molecule has 0 fully saturated rings. The quantitative estimate of drug-likeness (QED) is 0.186. The third-order valence-corrected chi connectivity index (χ3v) is 9.04. The van der Waals surface area contributed by atoms with Gasteiger partial charge in [0.05, 0.1) is 31.2 Å². The predicted octanol–water partition coefficient (Wildman–Crippen LogP) is 8.64. The fraction of sp³-hybridized carbons (Fsp3) is 0.296. The molecule has 4 nitrogen and oxygen atoms in total. The van der Waals surface area contributed by atoms with Crippen LogP contribution in [0.4, 0.5) is 5.69 Å². The molecular formula is C27H23Cl4NO3. The lowest BCUT2D eigenvalue weighted by Gasteiger charge is -2.39. The van der Waals surface area contributed by atoms with Crippen molar-refractivity contribution >= 4 is 58.1 Å². The molecule has 2 heterocycles. The summed E-state index contributed by atoms with van der Waals surface area (Å²) >= 11 is 26.2. The predicted molar refractivity (Wildman–Crippen MR) is 143 cm³/mol. The molecule has 0 saturated carbocycles. The lowest BCUT2D eigenvalue weighted by Crippen LogP contribution is -2.35. The SMILES string of the molecule is CCN(CC)c1ccc2c(c1)Oc1cc(C)c(C)c(C)c1C21OC(=O)c2c(Cl)c(Cl)c(Cl)c(Cl)c21. The van der Waals surface area contributed by atoms with Crippen molar-refractivity contribution in [3.05, 3.63) is 83.3 Å². The summed E-state index contributed by atoms with van der Waals surface area (Å²) in [6, 6.07) is 7.86. The summed E-state index contributed by atoms with van der Waals surface area (Å²) in [4.78, 5) is 15.6. The van der Waals surface area contributed by atoms with Crippen molar-refractivity contribution in [2.24, 2.45) is 0 Å². The van der Waals surface area contributed by atoms with Gasteiger partial charge < -0.3 is 14.4 Å². The normalized spacial score (nSPS) is 17.6. The molecular weight excluding hydrogens is 528 g/mol. The van der Waals surface area contributed by atoms with E-state index in [9.17, 15) is 4.79 Å². The monoisotopic (exact) mass is 549 g/mol. The Morgan fingerprint density at radius 3 is 2.14 bits per heavy atom. The average molecular weight is 551 g/mol. The molecule has 182 valence electrons. The fourth-order valence-corrected chi connectivity index (χ4v) is 6.31. The van der Waals surface area contributed by atoms with Gasteiger partial charge in [0.25, 0.3) is 0 Å². The maximum absolute atomic E-state index is 13.4. The number of benzene rings is 3. The van der Waals surface area contributed by atoms with Crippen molar-refractivity contribution in [1.29, 1.82) is 0 Å². The minimum Gasteiger partial charge on any atom is -0.456 e. The van der Waals surface area contributed by atoms with E-state index >= 15 is 0 Å². The van der Waals surface area contributed by atoms with Crippen LogP contribution < -0.4 is 9.64 Å². The van der Waals surface area contributed by atoms with Gasteiger partial charge in [0.2, 0.25) is 0 Å². The van der Waals surface area contributed by atoms with Crippen molar-refractivity contribution in [2.45, 2.75) is 40.2 Å². The van der Waals surface area contributed by atoms with Crippen molar-refractivity contribution < 1.29 is 14.3 Å². The second kappa shape index (κ2) is 8.48. The molecule has 0 aliphatic carbocycles. The van der Waals surface area contributed by atoms with Crippen molar-refractivity contribution in [3.8, 4) is 11.5 Å². The topological polar surface area (TPSA) is 38.8 Å². The zero-order chi connectivity index (χ0) is 25.4. The molecule has 35 heavy (non-hydrogen) atoms. The number of rotatable bonds is 3. The third kappa shape index (κ3) is 3.23. The molecule has 8 heteroatoms. The minimum atomic E-state index is -1.39. The van der Waals surface area contributed by atoms with Gasteiger partial charge in [-0.1, -0.05) is 46.4 Å². The van der Waals surface area contributed by atoms with E-state index in [0.717, 1.165) is 35.5 Å². The molecule has 0 aromatic heterocycles. The smallest absolute Gasteiger partial charge is 0.341 e. The Bertz CT molecular complexity index is 1430. The summed E-state index contributed by atoms with van der Waals surface area (Å²) in [5.74, 6) is 0.548. The van der Waals surface area contributed by atoms with Gasteiger partial charge in [-0.05, 0) is 69.5 Å². The standard InChI is InChI=1S/C27H23Cl4NO3/c1-6-32(7-2)15-8-9-16-17(11-15)34-18-10-12(3)13(4)14(5)20(18)27(16)21-19(26(33)35-27)22(28)24(30)25(31)23(21)29/h8-11H,6-7H2,1-5H3. The highest BCUT2D eigenvalue weighted by molar-refractivity contribution is 6.53. The Kier molecular flexibility index (Phi) is 5.96. The van der Waals surface area contributed by atoms with Crippen LogP contribution in [-0.4, -0.2) is 19.1 Å². The van der Waals surface area contributed by atoms with Crippen LogP contribution in [-0.2, 0) is 10.3 Å². The van der Waals surface area contributed by atoms with E-state index in [1.807, 2.05) is 45.0 Å². The Morgan fingerprint density at radius 1 is 0.829 bits per heavy atom. The zero-order valence-electron chi connectivity index (χ0n) is 19.9. The average Bonchev–Trinajstić information content (AvgIpc) is 3.13. The van der Waals surface area contributed by atoms with E-state index in [-0.39, 0.29) is 25.7 Å². The summed E-state index contributed by atoms with van der Waals surface area (Å²) in [6.07, 6.45) is 0. The fourth-order valence-electron chi connectivity index (χ4n) is 5.25. The van der Waals surface area contributed by atoms with Gasteiger partial charge in [0.15, 0.2) is 5.60 Å². The van der Waals surface area contributed by atoms with Crippen LogP contribution in [0.3, 0.4) is 0 Å². The van der Waals surface area contributed by atoms with Crippen molar-refractivity contribution in [3.63, 3.8) is 0 Å². The number of carbonyl (C=O) groups excluding carboxylic acids is 1. The largest absolute Gasteiger partial charge is 0.456 e. The van der Waals surface area contributed by atoms with Crippen molar-refractivity contribution in [2.75, 3.05) is 18.0 Å². The second-order valence-electron chi connectivity index (χ2n) is 8.85. The van der Waals surface area contributed by atoms with Crippen LogP contribution in [0, 0.1) is 20.8 Å². The highest BCUT2D eigenvalue weighted by Gasteiger charge is 2.57. The highest BCUT2D eigenvalue weighted by Crippen LogP contribution is 2.61. The van der Waals surface area contributed by atoms with Crippen LogP contribution in [0.2, 0.25) is 20.1 Å². The second-order valence-corrected chi connectivity index (χ2v) is 10.4. The van der Waals surface area contributed by atoms with E-state index in [1.165, 1.54) is 0 Å². The molecule has 1 unspecified atom stereocenters. The molecule has 0 bridgehead atoms. The molecule has 3 aromatic rings. The van der Waals surface area contributed by atoms with E-state index in [0.29, 0.717) is 28.2 Å². The number of hydrogen-bond donors (Lipinski definition) is 0. The minimum absolute atomic E-state index is 0.0206. The van der Waals surface area contributed by atoms with Crippen LogP contribution >= 0.6 is 46.4 Å². The zero-order valence-corrected chi connectivity index (χ0v) is 22.9. The van der Waals surface area contributed by atoms with E-state index in [2.05, 4.69) is 18.7 Å². The Balaban J connectivity index is 1.94. The molecule has 3 aromatic carbocycles. The molecule has 0 saturated heterocycles. The van der Waals surface area contributed by atoms with E-state index in [1.54, 1.807) is 0 Å². The number of ether oxygens (including phenoxy) is 2. The number of anilines is 1. The summed E-state index contributed by atoms with van der Waals surface area (Å²) < 4.78 is 12.8. The number of fused-ring (bicyclic) bond motifs is 6. The lowest BCUT2D eigenvalue weighted by molar-refractivity contribution is 0.0222. The van der Waals surface area contributed by atoms with Gasteiger partial charge in [-0.3, -0.25) is 0 Å². The maximum Gasteiger partial charge on any atom is 0.341 e. The van der Waals surface area contributed by atoms with Gasteiger partial charge in [-0.25, -0.2) is 4.79 Å². The van der Waals surface area contributed by atoms with Gasteiger partial charge >= 0.3 is 5.97 Å². The molecule has 5 rings (SSSR count). The summed E-state index contributed by atoms with van der Waals surface area (Å²) in [6.45, 7) is 11.9. The van der Waals surface area contributed by atoms with E-state index in [4.69, 9.17) is 55.9 Å². The van der Waals surface area contributed by atoms with Crippen LogP contribution in [0.1, 0.15) is 57.6 Å². The Hall–Kier alpha value is -2.11. The van der Waals surface area contributed by atoms with Crippen molar-refractivity contribution in [1.82, 2.24) is 0 Å². The number of hydrogen-bond acceptors (Lipinski definition) is 4. The first-order chi connectivity index (χ1) is 16.6. The van der Waals surface area contributed by atoms with Gasteiger partial charge in [0.1, 0.15) is 11.5 Å². The Morgan fingerprint density at radius 2 is 1.49 bits per heavy atom. The molecule has 1 spiro atoms. The first kappa shape index (κ1) is 24.6. The van der Waals surface area contributed by atoms with Crippen LogP contribution in [0.5, 0.6) is 11.5 Å². The maximum atomic E-state index is 13.4. The molecule has 0 N–H and O–H groups in total. The van der Waals surface area contributed by atoms with E-state index < -0.39 is 11.6 Å². The summed E-state index contributed by atoms with van der Waals surface area (Å²) in [7, 11) is 0. The third-order valence-electron chi connectivity index (χ3n) is 7.24. The van der Waals surface area contributed by atoms with Gasteiger partial charge in [0, 0.05) is 36.0 Å². The molecule has 2 aliphatic heterocycles. The molecule has 1 atom stereocenters. The number of carbonyl (C=O) groups is 1. The lowest BCUT2D eigenvalue weighted by atomic mass is 9.74. The number of aryl methyl sites for hydroxylation is 1. The Labute approximate surface area is 224 Å². The summed E-state index contributed by atoms with van der Waals surface area (Å²) in [5, 5.41) is 0.248. The molecule has 0 amide bonds. The van der Waals surface area contributed by atoms with Crippen LogP contribution in [0.25, 0.3) is 0 Å². The molecule has 2 aliphatic rings. The number of halogens is 4. The van der Waals surface area contributed by atoms with Crippen LogP contribution in [0.15, 0.2) is 24.3 Å². The van der Waals surface area contributed by atoms with Gasteiger partial charge in [-0.2, -0.15) is 0 Å². The van der Waals surface area contributed by atoms with Gasteiger partial charge in [-0.15, -0.1) is 0 Å². The first-order valence-electron chi connectivity index (χ1n) is 11.4. The molecule has 0 radical (unpaired) electrons. The summed E-state index contributed by atoms with van der Waals surface area (Å²) in [5.41, 5.74) is 4.50. The highest BCUT2D eigenvalue weighted by atomic mass is 35.5. The number of nitrogens with zero attached hydrogens (tertiary/aromatic N) is 1. The first-order valence-corrected chi connectivity index (χ1v) is 12.9.